The Morgan fingerprint density at radius 2 is 2.24 bits per heavy atom. The number of aryl methyl sites for hydroxylation is 1. The third kappa shape index (κ3) is 3.00. The van der Waals surface area contributed by atoms with Gasteiger partial charge in [-0.05, 0) is 33.1 Å². The van der Waals surface area contributed by atoms with E-state index in [9.17, 15) is 4.79 Å². The highest BCUT2D eigenvalue weighted by Gasteiger charge is 2.30. The molecule has 3 heterocycles. The van der Waals surface area contributed by atoms with Crippen LogP contribution in [0.25, 0.3) is 0 Å². The Hall–Kier alpha value is -1.69. The Bertz CT molecular complexity index is 534. The summed E-state index contributed by atoms with van der Waals surface area (Å²) in [5.74, 6) is 0.369. The molecule has 0 saturated carbocycles. The molecular formula is C15H22N4O2. The molecule has 1 aromatic rings. The predicted molar refractivity (Wildman–Crippen MR) is 79.5 cm³/mol. The second-order valence-corrected chi connectivity index (χ2v) is 5.76. The minimum atomic E-state index is -0.349. The zero-order valence-corrected chi connectivity index (χ0v) is 12.6. The lowest BCUT2D eigenvalue weighted by Crippen LogP contribution is -2.36. The number of carbonyl (C=O) groups excluding carboxylic acids is 1. The molecule has 2 aliphatic rings. The molecule has 2 aliphatic heterocycles. The monoisotopic (exact) mass is 290 g/mol. The quantitative estimate of drug-likeness (QED) is 0.846. The first-order valence-electron chi connectivity index (χ1n) is 7.69. The molecule has 0 aromatic carbocycles. The molecule has 6 nitrogen and oxygen atoms in total. The Balaban J connectivity index is 1.77. The average molecular weight is 290 g/mol. The van der Waals surface area contributed by atoms with Crippen LogP contribution in [-0.4, -0.2) is 47.7 Å². The molecule has 0 radical (unpaired) electrons. The number of hydrogen-bond acceptors (Lipinski definition) is 6. The SMILES string of the molecule is CCOC(=O)c1cnc(N2CCC3CCC(C2)N3)nc1C. The number of aromatic nitrogens is 2. The Kier molecular flexibility index (Phi) is 4.05. The van der Waals surface area contributed by atoms with Crippen LogP contribution in [-0.2, 0) is 4.74 Å². The van der Waals surface area contributed by atoms with E-state index in [0.717, 1.165) is 25.5 Å². The van der Waals surface area contributed by atoms with Crippen LogP contribution in [0.3, 0.4) is 0 Å². The first-order valence-corrected chi connectivity index (χ1v) is 7.69. The molecule has 1 aromatic heterocycles. The van der Waals surface area contributed by atoms with E-state index in [1.807, 2.05) is 6.92 Å². The fourth-order valence-corrected chi connectivity index (χ4v) is 3.14. The first kappa shape index (κ1) is 14.3. The van der Waals surface area contributed by atoms with E-state index in [4.69, 9.17) is 4.74 Å². The fraction of sp³-hybridized carbons (Fsp3) is 0.667. The van der Waals surface area contributed by atoms with Gasteiger partial charge in [0.2, 0.25) is 5.95 Å². The maximum Gasteiger partial charge on any atom is 0.341 e. The second-order valence-electron chi connectivity index (χ2n) is 5.76. The number of nitrogens with one attached hydrogen (secondary N) is 1. The number of carbonyl (C=O) groups is 1. The van der Waals surface area contributed by atoms with Gasteiger partial charge in [-0.3, -0.25) is 0 Å². The van der Waals surface area contributed by atoms with Crippen LogP contribution < -0.4 is 10.2 Å². The summed E-state index contributed by atoms with van der Waals surface area (Å²) in [4.78, 5) is 22.9. The summed E-state index contributed by atoms with van der Waals surface area (Å²) in [5, 5.41) is 3.64. The second kappa shape index (κ2) is 5.97. The Morgan fingerprint density at radius 1 is 1.43 bits per heavy atom. The van der Waals surface area contributed by atoms with Gasteiger partial charge >= 0.3 is 5.97 Å². The number of ether oxygens (including phenoxy) is 1. The van der Waals surface area contributed by atoms with E-state index in [2.05, 4.69) is 20.2 Å². The van der Waals surface area contributed by atoms with Crippen molar-refractivity contribution in [2.75, 3.05) is 24.6 Å². The Morgan fingerprint density at radius 3 is 3.00 bits per heavy atom. The highest BCUT2D eigenvalue weighted by atomic mass is 16.5. The highest BCUT2D eigenvalue weighted by molar-refractivity contribution is 5.90. The largest absolute Gasteiger partial charge is 0.462 e. The van der Waals surface area contributed by atoms with E-state index in [1.165, 1.54) is 12.8 Å². The van der Waals surface area contributed by atoms with Gasteiger partial charge in [0, 0.05) is 31.4 Å². The lowest BCUT2D eigenvalue weighted by Gasteiger charge is -2.24. The van der Waals surface area contributed by atoms with E-state index in [1.54, 1.807) is 13.1 Å². The van der Waals surface area contributed by atoms with Gasteiger partial charge in [0.15, 0.2) is 0 Å². The molecule has 0 amide bonds. The molecule has 2 unspecified atom stereocenters. The summed E-state index contributed by atoms with van der Waals surface area (Å²) in [6.07, 6.45) is 5.21. The van der Waals surface area contributed by atoms with Crippen LogP contribution in [0, 0.1) is 6.92 Å². The van der Waals surface area contributed by atoms with Crippen molar-refractivity contribution in [3.8, 4) is 0 Å². The lowest BCUT2D eigenvalue weighted by atomic mass is 10.1. The zero-order chi connectivity index (χ0) is 14.8. The van der Waals surface area contributed by atoms with Crippen LogP contribution in [0.5, 0.6) is 0 Å². The van der Waals surface area contributed by atoms with Crippen molar-refractivity contribution >= 4 is 11.9 Å². The molecule has 6 heteroatoms. The zero-order valence-electron chi connectivity index (χ0n) is 12.6. The van der Waals surface area contributed by atoms with Crippen LogP contribution >= 0.6 is 0 Å². The summed E-state index contributed by atoms with van der Waals surface area (Å²) in [6, 6.07) is 1.17. The number of nitrogens with zero attached hydrogens (tertiary/aromatic N) is 3. The van der Waals surface area contributed by atoms with E-state index in [0.29, 0.717) is 29.9 Å². The maximum atomic E-state index is 11.8. The summed E-state index contributed by atoms with van der Waals surface area (Å²) >= 11 is 0. The van der Waals surface area contributed by atoms with Crippen molar-refractivity contribution in [3.05, 3.63) is 17.5 Å². The minimum Gasteiger partial charge on any atom is -0.462 e. The van der Waals surface area contributed by atoms with Crippen molar-refractivity contribution < 1.29 is 9.53 Å². The average Bonchev–Trinajstić information content (AvgIpc) is 2.78. The van der Waals surface area contributed by atoms with E-state index < -0.39 is 0 Å². The molecule has 0 spiro atoms. The summed E-state index contributed by atoms with van der Waals surface area (Å²) in [7, 11) is 0. The van der Waals surface area contributed by atoms with Gasteiger partial charge in [-0.25, -0.2) is 14.8 Å². The van der Waals surface area contributed by atoms with Crippen molar-refractivity contribution in [1.82, 2.24) is 15.3 Å². The van der Waals surface area contributed by atoms with Crippen LogP contribution in [0.1, 0.15) is 42.2 Å². The normalized spacial score (nSPS) is 24.8. The molecule has 114 valence electrons. The third-order valence-corrected chi connectivity index (χ3v) is 4.27. The number of hydrogen-bond donors (Lipinski definition) is 1. The lowest BCUT2D eigenvalue weighted by molar-refractivity contribution is 0.0524. The Labute approximate surface area is 124 Å². The van der Waals surface area contributed by atoms with Crippen molar-refractivity contribution in [2.45, 2.75) is 45.2 Å². The minimum absolute atomic E-state index is 0.349. The highest BCUT2D eigenvalue weighted by Crippen LogP contribution is 2.23. The molecule has 1 N–H and O–H groups in total. The van der Waals surface area contributed by atoms with Crippen LogP contribution in [0.15, 0.2) is 6.20 Å². The molecule has 21 heavy (non-hydrogen) atoms. The van der Waals surface area contributed by atoms with Crippen LogP contribution in [0.2, 0.25) is 0 Å². The topological polar surface area (TPSA) is 67.3 Å². The molecule has 2 saturated heterocycles. The van der Waals surface area contributed by atoms with Crippen molar-refractivity contribution in [2.24, 2.45) is 0 Å². The standard InChI is InChI=1S/C15H22N4O2/c1-3-21-14(20)13-8-16-15(17-10(13)2)19-7-6-11-4-5-12(9-19)18-11/h8,11-12,18H,3-7,9H2,1-2H3. The summed E-state index contributed by atoms with van der Waals surface area (Å²) in [6.45, 7) is 5.89. The molecule has 2 bridgehead atoms. The smallest absolute Gasteiger partial charge is 0.341 e. The maximum absolute atomic E-state index is 11.8. The number of anilines is 1. The van der Waals surface area contributed by atoms with Gasteiger partial charge < -0.3 is 15.0 Å². The number of esters is 1. The molecule has 3 rings (SSSR count). The first-order chi connectivity index (χ1) is 10.2. The van der Waals surface area contributed by atoms with Crippen molar-refractivity contribution in [3.63, 3.8) is 0 Å². The van der Waals surface area contributed by atoms with Crippen LogP contribution in [0.4, 0.5) is 5.95 Å². The number of fused-ring (bicyclic) bond motifs is 2. The van der Waals surface area contributed by atoms with Gasteiger partial charge in [-0.1, -0.05) is 0 Å². The number of rotatable bonds is 3. The summed E-state index contributed by atoms with van der Waals surface area (Å²) < 4.78 is 5.01. The van der Waals surface area contributed by atoms with E-state index >= 15 is 0 Å². The van der Waals surface area contributed by atoms with Gasteiger partial charge in [0.1, 0.15) is 0 Å². The van der Waals surface area contributed by atoms with Gasteiger partial charge in [0.25, 0.3) is 0 Å². The van der Waals surface area contributed by atoms with Gasteiger partial charge in [0.05, 0.1) is 17.9 Å². The molecule has 2 atom stereocenters. The third-order valence-electron chi connectivity index (χ3n) is 4.27. The summed E-state index contributed by atoms with van der Waals surface area (Å²) in [5.41, 5.74) is 1.14. The predicted octanol–water partition coefficient (Wildman–Crippen LogP) is 1.29. The van der Waals surface area contributed by atoms with Crippen molar-refractivity contribution in [1.29, 1.82) is 0 Å². The van der Waals surface area contributed by atoms with Gasteiger partial charge in [-0.15, -0.1) is 0 Å². The molecule has 2 fully saturated rings. The van der Waals surface area contributed by atoms with E-state index in [-0.39, 0.29) is 5.97 Å². The van der Waals surface area contributed by atoms with Gasteiger partial charge in [-0.2, -0.15) is 0 Å². The molecule has 0 aliphatic carbocycles. The molecular weight excluding hydrogens is 268 g/mol. The fourth-order valence-electron chi connectivity index (χ4n) is 3.14.